The van der Waals surface area contributed by atoms with Crippen molar-refractivity contribution in [2.24, 2.45) is 4.99 Å². The molecule has 1 saturated heterocycles. The molecule has 0 saturated carbocycles. The van der Waals surface area contributed by atoms with Gasteiger partial charge < -0.3 is 9.47 Å². The predicted octanol–water partition coefficient (Wildman–Crippen LogP) is 0.531. The summed E-state index contributed by atoms with van der Waals surface area (Å²) in [5, 5.41) is 0. The van der Waals surface area contributed by atoms with Crippen LogP contribution in [0, 0.1) is 0 Å². The lowest BCUT2D eigenvalue weighted by Crippen LogP contribution is -2.36. The molecule has 1 N–H and O–H groups in total. The minimum atomic E-state index is -3.48. The molecule has 0 radical (unpaired) electrons. The molecule has 3 rings (SSSR count). The highest BCUT2D eigenvalue weighted by atomic mass is 32.2. The molecule has 1 aromatic rings. The zero-order valence-corrected chi connectivity index (χ0v) is 11.9. The zero-order valence-electron chi connectivity index (χ0n) is 11.1. The fraction of sp³-hybridized carbons (Fsp3) is 0.462. The van der Waals surface area contributed by atoms with Crippen molar-refractivity contribution in [3.05, 3.63) is 29.8 Å². The number of aliphatic imine (C=N–C) groups is 1. The molecule has 1 unspecified atom stereocenters. The number of hydrogen-bond donors (Lipinski definition) is 1. The number of nitrogens with one attached hydrogen (secondary N) is 1. The molecule has 2 heterocycles. The number of sulfonamides is 1. The monoisotopic (exact) mass is 296 g/mol. The van der Waals surface area contributed by atoms with Gasteiger partial charge in [-0.2, -0.15) is 0 Å². The molecule has 0 aliphatic carbocycles. The second kappa shape index (κ2) is 4.83. The van der Waals surface area contributed by atoms with E-state index in [9.17, 15) is 8.42 Å². The van der Waals surface area contributed by atoms with Gasteiger partial charge in [0.05, 0.1) is 18.0 Å². The van der Waals surface area contributed by atoms with Crippen LogP contribution in [0.3, 0.4) is 0 Å². The standard InChI is InChI=1S/C13H16N2O4S/c1-18-13(6-7-19-9-13)8-14-12-10-4-2-3-5-11(10)20(16,17)15-12/h2-5H,6-9H2,1H3,(H,14,15). The van der Waals surface area contributed by atoms with Crippen LogP contribution < -0.4 is 4.72 Å². The van der Waals surface area contributed by atoms with Crippen molar-refractivity contribution in [1.82, 2.24) is 4.72 Å². The Kier molecular flexibility index (Phi) is 3.27. The molecule has 0 amide bonds. The highest BCUT2D eigenvalue weighted by molar-refractivity contribution is 7.90. The predicted molar refractivity (Wildman–Crippen MR) is 73.3 cm³/mol. The van der Waals surface area contributed by atoms with Gasteiger partial charge in [0.15, 0.2) is 0 Å². The van der Waals surface area contributed by atoms with E-state index in [1.807, 2.05) is 0 Å². The first-order chi connectivity index (χ1) is 9.56. The lowest BCUT2D eigenvalue weighted by molar-refractivity contribution is -0.00900. The van der Waals surface area contributed by atoms with Crippen molar-refractivity contribution < 1.29 is 17.9 Å². The normalized spacial score (nSPS) is 29.4. The molecule has 2 aliphatic heterocycles. The fourth-order valence-electron chi connectivity index (χ4n) is 2.41. The molecule has 6 nitrogen and oxygen atoms in total. The summed E-state index contributed by atoms with van der Waals surface area (Å²) in [5.41, 5.74) is 0.161. The second-order valence-corrected chi connectivity index (χ2v) is 6.61. The Bertz CT molecular complexity index is 648. The Balaban J connectivity index is 1.91. The third-order valence-corrected chi connectivity index (χ3v) is 5.09. The topological polar surface area (TPSA) is 77.0 Å². The average molecular weight is 296 g/mol. The molecule has 108 valence electrons. The van der Waals surface area contributed by atoms with Crippen LogP contribution in [0.4, 0.5) is 0 Å². The van der Waals surface area contributed by atoms with Crippen LogP contribution in [0.15, 0.2) is 34.2 Å². The summed E-state index contributed by atoms with van der Waals surface area (Å²) in [4.78, 5) is 4.68. The highest BCUT2D eigenvalue weighted by Crippen LogP contribution is 2.25. The molecule has 1 aromatic carbocycles. The summed E-state index contributed by atoms with van der Waals surface area (Å²) in [5.74, 6) is 0.379. The summed E-state index contributed by atoms with van der Waals surface area (Å²) >= 11 is 0. The number of fused-ring (bicyclic) bond motifs is 1. The number of ether oxygens (including phenoxy) is 2. The summed E-state index contributed by atoms with van der Waals surface area (Å²) < 4.78 is 37.2. The van der Waals surface area contributed by atoms with Gasteiger partial charge in [0.25, 0.3) is 10.0 Å². The molecule has 0 aromatic heterocycles. The second-order valence-electron chi connectivity index (χ2n) is 4.96. The minimum Gasteiger partial charge on any atom is -0.378 e. The van der Waals surface area contributed by atoms with E-state index in [4.69, 9.17) is 9.47 Å². The zero-order chi connectivity index (χ0) is 14.2. The lowest BCUT2D eigenvalue weighted by Gasteiger charge is -2.23. The van der Waals surface area contributed by atoms with Crippen molar-refractivity contribution >= 4 is 15.9 Å². The van der Waals surface area contributed by atoms with Crippen molar-refractivity contribution in [3.63, 3.8) is 0 Å². The molecule has 7 heteroatoms. The van der Waals surface area contributed by atoms with Crippen LogP contribution >= 0.6 is 0 Å². The van der Waals surface area contributed by atoms with E-state index in [-0.39, 0.29) is 4.90 Å². The van der Waals surface area contributed by atoms with E-state index in [2.05, 4.69) is 9.71 Å². The minimum absolute atomic E-state index is 0.271. The van der Waals surface area contributed by atoms with Crippen molar-refractivity contribution in [1.29, 1.82) is 0 Å². The van der Waals surface area contributed by atoms with Crippen molar-refractivity contribution in [2.75, 3.05) is 26.9 Å². The molecule has 20 heavy (non-hydrogen) atoms. The first kappa shape index (κ1) is 13.5. The van der Waals surface area contributed by atoms with Gasteiger partial charge in [0.1, 0.15) is 11.4 Å². The first-order valence-electron chi connectivity index (χ1n) is 6.36. The van der Waals surface area contributed by atoms with Gasteiger partial charge >= 0.3 is 0 Å². The van der Waals surface area contributed by atoms with Crippen LogP contribution in [0.5, 0.6) is 0 Å². The quantitative estimate of drug-likeness (QED) is 0.882. The maximum atomic E-state index is 12.0. The van der Waals surface area contributed by atoms with E-state index in [0.717, 1.165) is 6.42 Å². The summed E-state index contributed by atoms with van der Waals surface area (Å²) in [6.07, 6.45) is 0.759. The van der Waals surface area contributed by atoms with Crippen LogP contribution in [0.2, 0.25) is 0 Å². The number of benzene rings is 1. The number of methoxy groups -OCH3 is 1. The van der Waals surface area contributed by atoms with Crippen molar-refractivity contribution in [3.8, 4) is 0 Å². The molecule has 1 fully saturated rings. The van der Waals surface area contributed by atoms with E-state index < -0.39 is 15.6 Å². The Morgan fingerprint density at radius 2 is 2.25 bits per heavy atom. The molecule has 0 bridgehead atoms. The molecular formula is C13H16N2O4S. The average Bonchev–Trinajstić information content (AvgIpc) is 3.01. The Hall–Kier alpha value is -1.44. The van der Waals surface area contributed by atoms with Gasteiger partial charge in [-0.25, -0.2) is 8.42 Å². The van der Waals surface area contributed by atoms with Crippen LogP contribution in [0.1, 0.15) is 12.0 Å². The molecule has 1 atom stereocenters. The van der Waals surface area contributed by atoms with Crippen LogP contribution in [-0.4, -0.2) is 46.7 Å². The van der Waals surface area contributed by atoms with Gasteiger partial charge in [-0.1, -0.05) is 12.1 Å². The first-order valence-corrected chi connectivity index (χ1v) is 7.84. The van der Waals surface area contributed by atoms with Crippen molar-refractivity contribution in [2.45, 2.75) is 16.9 Å². The van der Waals surface area contributed by atoms with E-state index in [1.54, 1.807) is 31.4 Å². The molecular weight excluding hydrogens is 280 g/mol. The summed E-state index contributed by atoms with van der Waals surface area (Å²) in [7, 11) is -1.85. The fourth-order valence-corrected chi connectivity index (χ4v) is 3.66. The maximum absolute atomic E-state index is 12.0. The summed E-state index contributed by atoms with van der Waals surface area (Å²) in [6.45, 7) is 1.49. The highest BCUT2D eigenvalue weighted by Gasteiger charge is 2.36. The number of rotatable bonds is 3. The maximum Gasteiger partial charge on any atom is 0.263 e. The number of nitrogens with zero attached hydrogens (tertiary/aromatic N) is 1. The molecule has 2 aliphatic rings. The largest absolute Gasteiger partial charge is 0.378 e. The lowest BCUT2D eigenvalue weighted by atomic mass is 10.0. The van der Waals surface area contributed by atoms with Gasteiger partial charge in [-0.05, 0) is 12.1 Å². The van der Waals surface area contributed by atoms with Crippen LogP contribution in [0.25, 0.3) is 0 Å². The SMILES string of the molecule is COC1(CN=C2NS(=O)(=O)c3ccccc32)CCOC1. The van der Waals surface area contributed by atoms with E-state index >= 15 is 0 Å². The van der Waals surface area contributed by atoms with Gasteiger partial charge in [-0.15, -0.1) is 0 Å². The number of hydrogen-bond acceptors (Lipinski definition) is 5. The Morgan fingerprint density at radius 1 is 1.45 bits per heavy atom. The third kappa shape index (κ3) is 2.21. The van der Waals surface area contributed by atoms with Gasteiger partial charge in [-0.3, -0.25) is 9.71 Å². The van der Waals surface area contributed by atoms with Crippen LogP contribution in [-0.2, 0) is 19.5 Å². The van der Waals surface area contributed by atoms with E-state index in [1.165, 1.54) is 0 Å². The Morgan fingerprint density at radius 3 is 2.95 bits per heavy atom. The van der Waals surface area contributed by atoms with Gasteiger partial charge in [0.2, 0.25) is 0 Å². The molecule has 0 spiro atoms. The van der Waals surface area contributed by atoms with Gasteiger partial charge in [0, 0.05) is 25.7 Å². The Labute approximate surface area is 117 Å². The number of amidine groups is 1. The summed E-state index contributed by atoms with van der Waals surface area (Å²) in [6, 6.07) is 6.81. The smallest absolute Gasteiger partial charge is 0.263 e. The third-order valence-electron chi connectivity index (χ3n) is 3.69. The van der Waals surface area contributed by atoms with E-state index in [0.29, 0.717) is 31.2 Å².